The maximum absolute atomic E-state index is 12.5. The third-order valence-corrected chi connectivity index (χ3v) is 4.47. The van der Waals surface area contributed by atoms with E-state index < -0.39 is 0 Å². The zero-order chi connectivity index (χ0) is 15.4. The van der Waals surface area contributed by atoms with Crippen molar-refractivity contribution in [3.8, 4) is 0 Å². The summed E-state index contributed by atoms with van der Waals surface area (Å²) in [6, 6.07) is 9.10. The van der Waals surface area contributed by atoms with Crippen molar-refractivity contribution in [1.29, 1.82) is 0 Å². The quantitative estimate of drug-likeness (QED) is 0.869. The molecule has 1 aromatic carbocycles. The number of likely N-dealkylation sites (tertiary alicyclic amines) is 1. The number of hydrogen-bond donors (Lipinski definition) is 1. The van der Waals surface area contributed by atoms with E-state index in [0.29, 0.717) is 18.9 Å². The lowest BCUT2D eigenvalue weighted by atomic mass is 10.0. The van der Waals surface area contributed by atoms with Crippen LogP contribution in [0.4, 0.5) is 5.69 Å². The van der Waals surface area contributed by atoms with E-state index in [1.54, 1.807) is 4.90 Å². The van der Waals surface area contributed by atoms with Gasteiger partial charge in [0.2, 0.25) is 11.8 Å². The Labute approximate surface area is 131 Å². The summed E-state index contributed by atoms with van der Waals surface area (Å²) < 4.78 is 0. The molecule has 1 aromatic rings. The van der Waals surface area contributed by atoms with Crippen molar-refractivity contribution in [2.24, 2.45) is 5.92 Å². The summed E-state index contributed by atoms with van der Waals surface area (Å²) in [5.41, 5.74) is 0.783. The van der Waals surface area contributed by atoms with Gasteiger partial charge in [0.05, 0.1) is 0 Å². The molecule has 2 amide bonds. The summed E-state index contributed by atoms with van der Waals surface area (Å²) >= 11 is 0. The Kier molecular flexibility index (Phi) is 4.56. The van der Waals surface area contributed by atoms with Crippen LogP contribution in [0, 0.1) is 5.92 Å². The molecular weight excluding hydrogens is 276 g/mol. The van der Waals surface area contributed by atoms with Gasteiger partial charge in [-0.25, -0.2) is 0 Å². The lowest BCUT2D eigenvalue weighted by Gasteiger charge is -2.25. The Morgan fingerprint density at radius 1 is 1.18 bits per heavy atom. The highest BCUT2D eigenvalue weighted by Crippen LogP contribution is 2.25. The van der Waals surface area contributed by atoms with Gasteiger partial charge in [-0.15, -0.1) is 0 Å². The van der Waals surface area contributed by atoms with Gasteiger partial charge in [-0.05, 0) is 43.7 Å². The SMILES string of the molecule is O=C(Nc1ccccc1)[C@H]1CCCN1C(=O)C[C@H]1C=CCC1. The normalized spacial score (nSPS) is 23.7. The Bertz CT molecular complexity index is 568. The summed E-state index contributed by atoms with van der Waals surface area (Å²) in [6.07, 6.45) is 8.58. The number of amides is 2. The van der Waals surface area contributed by atoms with Gasteiger partial charge in [0.25, 0.3) is 0 Å². The second-order valence-corrected chi connectivity index (χ2v) is 6.07. The number of nitrogens with one attached hydrogen (secondary N) is 1. The predicted molar refractivity (Wildman–Crippen MR) is 86.3 cm³/mol. The van der Waals surface area contributed by atoms with Crippen LogP contribution in [0.5, 0.6) is 0 Å². The third-order valence-electron chi connectivity index (χ3n) is 4.47. The first-order valence-electron chi connectivity index (χ1n) is 8.06. The van der Waals surface area contributed by atoms with E-state index in [4.69, 9.17) is 0 Å². The van der Waals surface area contributed by atoms with Gasteiger partial charge in [-0.3, -0.25) is 9.59 Å². The molecule has 1 heterocycles. The number of anilines is 1. The number of carbonyl (C=O) groups excluding carboxylic acids is 2. The zero-order valence-electron chi connectivity index (χ0n) is 12.7. The molecule has 3 rings (SSSR count). The molecule has 1 fully saturated rings. The topological polar surface area (TPSA) is 49.4 Å². The number of carbonyl (C=O) groups is 2. The number of benzene rings is 1. The number of rotatable bonds is 4. The van der Waals surface area contributed by atoms with E-state index in [1.807, 2.05) is 30.3 Å². The molecule has 2 aliphatic rings. The molecule has 0 unspecified atom stereocenters. The van der Waals surface area contributed by atoms with Crippen LogP contribution in [0.15, 0.2) is 42.5 Å². The van der Waals surface area contributed by atoms with Gasteiger partial charge in [0.15, 0.2) is 0 Å². The molecule has 2 atom stereocenters. The first-order valence-corrected chi connectivity index (χ1v) is 8.06. The zero-order valence-corrected chi connectivity index (χ0v) is 12.7. The summed E-state index contributed by atoms with van der Waals surface area (Å²) in [7, 11) is 0. The Hall–Kier alpha value is -2.10. The van der Waals surface area contributed by atoms with Crippen LogP contribution in [-0.4, -0.2) is 29.3 Å². The second-order valence-electron chi connectivity index (χ2n) is 6.07. The third kappa shape index (κ3) is 3.38. The minimum absolute atomic E-state index is 0.0704. The Balaban J connectivity index is 1.60. The van der Waals surface area contributed by atoms with Crippen LogP contribution >= 0.6 is 0 Å². The van der Waals surface area contributed by atoms with E-state index in [2.05, 4.69) is 17.5 Å². The molecule has 22 heavy (non-hydrogen) atoms. The fraction of sp³-hybridized carbons (Fsp3) is 0.444. The van der Waals surface area contributed by atoms with Crippen molar-refractivity contribution in [2.75, 3.05) is 11.9 Å². The fourth-order valence-electron chi connectivity index (χ4n) is 3.29. The number of nitrogens with zero attached hydrogens (tertiary/aromatic N) is 1. The van der Waals surface area contributed by atoms with Crippen molar-refractivity contribution in [1.82, 2.24) is 4.90 Å². The molecule has 1 N–H and O–H groups in total. The monoisotopic (exact) mass is 298 g/mol. The van der Waals surface area contributed by atoms with E-state index in [1.165, 1.54) is 0 Å². The minimum atomic E-state index is -0.321. The summed E-state index contributed by atoms with van der Waals surface area (Å²) in [6.45, 7) is 0.697. The molecule has 1 aliphatic heterocycles. The molecule has 0 radical (unpaired) electrons. The molecular formula is C18H22N2O2. The predicted octanol–water partition coefficient (Wildman–Crippen LogP) is 2.97. The van der Waals surface area contributed by atoms with Crippen molar-refractivity contribution in [2.45, 2.75) is 38.1 Å². The van der Waals surface area contributed by atoms with Crippen LogP contribution < -0.4 is 5.32 Å². The molecule has 4 heteroatoms. The smallest absolute Gasteiger partial charge is 0.247 e. The molecule has 116 valence electrons. The van der Waals surface area contributed by atoms with Crippen LogP contribution in [0.3, 0.4) is 0 Å². The number of para-hydroxylation sites is 1. The van der Waals surface area contributed by atoms with Crippen LogP contribution in [-0.2, 0) is 9.59 Å². The highest BCUT2D eigenvalue weighted by molar-refractivity contribution is 5.97. The highest BCUT2D eigenvalue weighted by atomic mass is 16.2. The van der Waals surface area contributed by atoms with E-state index in [-0.39, 0.29) is 17.9 Å². The van der Waals surface area contributed by atoms with Gasteiger partial charge in [-0.1, -0.05) is 30.4 Å². The van der Waals surface area contributed by atoms with Gasteiger partial charge < -0.3 is 10.2 Å². The van der Waals surface area contributed by atoms with Crippen molar-refractivity contribution in [3.63, 3.8) is 0 Å². The van der Waals surface area contributed by atoms with E-state index >= 15 is 0 Å². The molecule has 0 spiro atoms. The molecule has 1 aliphatic carbocycles. The average molecular weight is 298 g/mol. The Morgan fingerprint density at radius 3 is 2.73 bits per heavy atom. The van der Waals surface area contributed by atoms with E-state index in [0.717, 1.165) is 31.4 Å². The number of hydrogen-bond acceptors (Lipinski definition) is 2. The molecule has 1 saturated heterocycles. The summed E-state index contributed by atoms with van der Waals surface area (Å²) in [5, 5.41) is 2.92. The molecule has 0 aromatic heterocycles. The Morgan fingerprint density at radius 2 is 2.00 bits per heavy atom. The van der Waals surface area contributed by atoms with Crippen molar-refractivity contribution < 1.29 is 9.59 Å². The summed E-state index contributed by atoms with van der Waals surface area (Å²) in [4.78, 5) is 26.7. The van der Waals surface area contributed by atoms with Crippen molar-refractivity contribution in [3.05, 3.63) is 42.5 Å². The highest BCUT2D eigenvalue weighted by Gasteiger charge is 2.34. The van der Waals surface area contributed by atoms with Gasteiger partial charge >= 0.3 is 0 Å². The standard InChI is InChI=1S/C18H22N2O2/c21-17(13-14-7-4-5-8-14)20-12-6-11-16(20)18(22)19-15-9-2-1-3-10-15/h1-4,7,9-10,14,16H,5-6,8,11-13H2,(H,19,22)/t14-,16+/m0/s1. The van der Waals surface area contributed by atoms with Crippen LogP contribution in [0.1, 0.15) is 32.1 Å². The molecule has 0 bridgehead atoms. The first-order chi connectivity index (χ1) is 10.7. The van der Waals surface area contributed by atoms with Gasteiger partial charge in [0.1, 0.15) is 6.04 Å². The first kappa shape index (κ1) is 14.8. The van der Waals surface area contributed by atoms with Gasteiger partial charge in [-0.2, -0.15) is 0 Å². The second kappa shape index (κ2) is 6.77. The molecule has 0 saturated carbocycles. The summed E-state index contributed by atoms with van der Waals surface area (Å²) in [5.74, 6) is 0.396. The lowest BCUT2D eigenvalue weighted by molar-refractivity contribution is -0.137. The maximum Gasteiger partial charge on any atom is 0.247 e. The minimum Gasteiger partial charge on any atom is -0.331 e. The molecule has 4 nitrogen and oxygen atoms in total. The average Bonchev–Trinajstić information content (AvgIpc) is 3.19. The van der Waals surface area contributed by atoms with Crippen molar-refractivity contribution >= 4 is 17.5 Å². The van der Waals surface area contributed by atoms with E-state index in [9.17, 15) is 9.59 Å². The van der Waals surface area contributed by atoms with Gasteiger partial charge in [0, 0.05) is 18.7 Å². The fourth-order valence-corrected chi connectivity index (χ4v) is 3.29. The lowest BCUT2D eigenvalue weighted by Crippen LogP contribution is -2.43. The van der Waals surface area contributed by atoms with Crippen LogP contribution in [0.2, 0.25) is 0 Å². The largest absolute Gasteiger partial charge is 0.331 e. The number of allylic oxidation sites excluding steroid dienone is 2. The maximum atomic E-state index is 12.5. The van der Waals surface area contributed by atoms with Crippen LogP contribution in [0.25, 0.3) is 0 Å².